The molecule has 5 nitrogen and oxygen atoms in total. The van der Waals surface area contributed by atoms with E-state index in [1.165, 1.54) is 6.07 Å². The van der Waals surface area contributed by atoms with Gasteiger partial charge in [-0.1, -0.05) is 0 Å². The van der Waals surface area contributed by atoms with Gasteiger partial charge in [-0.3, -0.25) is 0 Å². The summed E-state index contributed by atoms with van der Waals surface area (Å²) in [7, 11) is 1.58. The van der Waals surface area contributed by atoms with E-state index in [-0.39, 0.29) is 24.7 Å². The maximum atomic E-state index is 12.6. The Morgan fingerprint density at radius 1 is 0.909 bits per heavy atom. The lowest BCUT2D eigenvalue weighted by molar-refractivity contribution is -0.137. The molecule has 0 amide bonds. The Kier molecular flexibility index (Phi) is 8.00. The highest BCUT2D eigenvalue weighted by atomic mass is 19.4. The van der Waals surface area contributed by atoms with E-state index < -0.39 is 11.7 Å². The SMILES string of the molecule is COCCOCCOCCOc1cc(N)cc(C(F)(F)F)c1. The summed E-state index contributed by atoms with van der Waals surface area (Å²) in [5.41, 5.74) is 4.59. The Bertz CT molecular complexity index is 441. The van der Waals surface area contributed by atoms with E-state index in [0.717, 1.165) is 12.1 Å². The van der Waals surface area contributed by atoms with Crippen molar-refractivity contribution >= 4 is 5.69 Å². The molecule has 2 N–H and O–H groups in total. The smallest absolute Gasteiger partial charge is 0.416 e. The summed E-state index contributed by atoms with van der Waals surface area (Å²) in [6.07, 6.45) is -4.45. The molecule has 0 unspecified atom stereocenters. The van der Waals surface area contributed by atoms with Gasteiger partial charge in [-0.25, -0.2) is 0 Å². The lowest BCUT2D eigenvalue weighted by Crippen LogP contribution is -2.13. The summed E-state index contributed by atoms with van der Waals surface area (Å²) in [5, 5.41) is 0. The summed E-state index contributed by atoms with van der Waals surface area (Å²) in [5.74, 6) is 0.0623. The number of hydrogen-bond donors (Lipinski definition) is 1. The van der Waals surface area contributed by atoms with Crippen LogP contribution in [0.4, 0.5) is 18.9 Å². The Morgan fingerprint density at radius 2 is 1.50 bits per heavy atom. The molecule has 8 heteroatoms. The van der Waals surface area contributed by atoms with Crippen LogP contribution in [0.2, 0.25) is 0 Å². The highest BCUT2D eigenvalue weighted by Crippen LogP contribution is 2.33. The second-order valence-electron chi connectivity index (χ2n) is 4.35. The van der Waals surface area contributed by atoms with Gasteiger partial charge < -0.3 is 24.7 Å². The van der Waals surface area contributed by atoms with Crippen LogP contribution in [0.1, 0.15) is 5.56 Å². The zero-order valence-electron chi connectivity index (χ0n) is 12.3. The average Bonchev–Trinajstić information content (AvgIpc) is 2.44. The molecule has 0 aliphatic heterocycles. The molecule has 0 saturated carbocycles. The van der Waals surface area contributed by atoms with E-state index in [1.54, 1.807) is 7.11 Å². The fourth-order valence-corrected chi connectivity index (χ4v) is 1.55. The number of ether oxygens (including phenoxy) is 4. The number of methoxy groups -OCH3 is 1. The van der Waals surface area contributed by atoms with Crippen molar-refractivity contribution < 1.29 is 32.1 Å². The van der Waals surface area contributed by atoms with E-state index in [2.05, 4.69) is 0 Å². The zero-order valence-corrected chi connectivity index (χ0v) is 12.3. The van der Waals surface area contributed by atoms with Crippen LogP contribution in [-0.4, -0.2) is 46.8 Å². The minimum Gasteiger partial charge on any atom is -0.491 e. The largest absolute Gasteiger partial charge is 0.491 e. The molecule has 1 aromatic carbocycles. The summed E-state index contributed by atoms with van der Waals surface area (Å²) in [6.45, 7) is 2.15. The minimum atomic E-state index is -4.45. The van der Waals surface area contributed by atoms with Gasteiger partial charge in [0, 0.05) is 18.9 Å². The molecule has 1 aromatic rings. The van der Waals surface area contributed by atoms with Crippen molar-refractivity contribution in [3.05, 3.63) is 23.8 Å². The normalized spacial score (nSPS) is 11.6. The Hall–Kier alpha value is -1.51. The minimum absolute atomic E-state index is 0.00251. The highest BCUT2D eigenvalue weighted by Gasteiger charge is 2.31. The predicted molar refractivity (Wildman–Crippen MR) is 74.9 cm³/mol. The number of benzene rings is 1. The molecule has 0 heterocycles. The number of nitrogens with two attached hydrogens (primary N) is 1. The molecule has 1 rings (SSSR count). The first kappa shape index (κ1) is 18.5. The molecule has 0 saturated heterocycles. The van der Waals surface area contributed by atoms with Crippen LogP contribution in [0.25, 0.3) is 0 Å². The van der Waals surface area contributed by atoms with Crippen molar-refractivity contribution in [2.24, 2.45) is 0 Å². The van der Waals surface area contributed by atoms with Crippen LogP contribution < -0.4 is 10.5 Å². The summed E-state index contributed by atoms with van der Waals surface area (Å²) >= 11 is 0. The first-order chi connectivity index (χ1) is 10.4. The van der Waals surface area contributed by atoms with E-state index in [0.29, 0.717) is 26.4 Å². The standard InChI is InChI=1S/C14H20F3NO4/c1-19-2-3-20-4-5-21-6-7-22-13-9-11(14(15,16)17)8-12(18)10-13/h8-10H,2-7,18H2,1H3. The first-order valence-corrected chi connectivity index (χ1v) is 6.68. The molecule has 126 valence electrons. The number of halogens is 3. The van der Waals surface area contributed by atoms with E-state index in [9.17, 15) is 13.2 Å². The van der Waals surface area contributed by atoms with Crippen LogP contribution in [-0.2, 0) is 20.4 Å². The first-order valence-electron chi connectivity index (χ1n) is 6.68. The molecule has 0 bridgehead atoms. The van der Waals surface area contributed by atoms with Gasteiger partial charge in [0.15, 0.2) is 0 Å². The molecule has 0 radical (unpaired) electrons. The van der Waals surface area contributed by atoms with Gasteiger partial charge in [0.05, 0.1) is 38.6 Å². The van der Waals surface area contributed by atoms with Crippen molar-refractivity contribution in [3.63, 3.8) is 0 Å². The topological polar surface area (TPSA) is 62.9 Å². The number of hydrogen-bond acceptors (Lipinski definition) is 5. The van der Waals surface area contributed by atoms with Gasteiger partial charge >= 0.3 is 6.18 Å². The third-order valence-corrected chi connectivity index (χ3v) is 2.56. The van der Waals surface area contributed by atoms with Crippen LogP contribution in [0.5, 0.6) is 5.75 Å². The van der Waals surface area contributed by atoms with Crippen molar-refractivity contribution in [1.82, 2.24) is 0 Å². The summed E-state index contributed by atoms with van der Waals surface area (Å²) in [6, 6.07) is 3.11. The van der Waals surface area contributed by atoms with Crippen LogP contribution in [0.15, 0.2) is 18.2 Å². The zero-order chi connectivity index (χ0) is 16.4. The van der Waals surface area contributed by atoms with Crippen LogP contribution >= 0.6 is 0 Å². The van der Waals surface area contributed by atoms with Gasteiger partial charge in [0.25, 0.3) is 0 Å². The molecule has 0 atom stereocenters. The molecule has 0 fully saturated rings. The maximum Gasteiger partial charge on any atom is 0.416 e. The quantitative estimate of drug-likeness (QED) is 0.529. The Morgan fingerprint density at radius 3 is 2.09 bits per heavy atom. The lowest BCUT2D eigenvalue weighted by atomic mass is 10.2. The fourth-order valence-electron chi connectivity index (χ4n) is 1.55. The van der Waals surface area contributed by atoms with Crippen molar-refractivity contribution in [1.29, 1.82) is 0 Å². The summed E-state index contributed by atoms with van der Waals surface area (Å²) < 4.78 is 58.2. The predicted octanol–water partition coefficient (Wildman–Crippen LogP) is 2.35. The van der Waals surface area contributed by atoms with Gasteiger partial charge in [-0.2, -0.15) is 13.2 Å². The molecule has 0 aliphatic carbocycles. The van der Waals surface area contributed by atoms with Gasteiger partial charge in [-0.05, 0) is 12.1 Å². The highest BCUT2D eigenvalue weighted by molar-refractivity contribution is 5.48. The molecule has 0 spiro atoms. The second-order valence-corrected chi connectivity index (χ2v) is 4.35. The number of alkyl halides is 3. The van der Waals surface area contributed by atoms with Crippen molar-refractivity contribution in [2.75, 3.05) is 52.5 Å². The van der Waals surface area contributed by atoms with E-state index >= 15 is 0 Å². The number of rotatable bonds is 10. The van der Waals surface area contributed by atoms with Gasteiger partial charge in [-0.15, -0.1) is 0 Å². The third-order valence-electron chi connectivity index (χ3n) is 2.56. The summed E-state index contributed by atoms with van der Waals surface area (Å²) in [4.78, 5) is 0. The van der Waals surface area contributed by atoms with Crippen LogP contribution in [0, 0.1) is 0 Å². The molecule has 22 heavy (non-hydrogen) atoms. The van der Waals surface area contributed by atoms with Crippen molar-refractivity contribution in [2.45, 2.75) is 6.18 Å². The van der Waals surface area contributed by atoms with Gasteiger partial charge in [0.1, 0.15) is 12.4 Å². The monoisotopic (exact) mass is 323 g/mol. The van der Waals surface area contributed by atoms with Crippen molar-refractivity contribution in [3.8, 4) is 5.75 Å². The van der Waals surface area contributed by atoms with Gasteiger partial charge in [0.2, 0.25) is 0 Å². The average molecular weight is 323 g/mol. The third kappa shape index (κ3) is 7.48. The maximum absolute atomic E-state index is 12.6. The Labute approximate surface area is 127 Å². The number of anilines is 1. The fraction of sp³-hybridized carbons (Fsp3) is 0.571. The Balaban J connectivity index is 2.24. The molecule has 0 aromatic heterocycles. The lowest BCUT2D eigenvalue weighted by Gasteiger charge is -2.12. The molecule has 0 aliphatic rings. The number of nitrogen functional groups attached to an aromatic ring is 1. The van der Waals surface area contributed by atoms with E-state index in [1.807, 2.05) is 0 Å². The molecular weight excluding hydrogens is 303 g/mol. The van der Waals surface area contributed by atoms with E-state index in [4.69, 9.17) is 24.7 Å². The van der Waals surface area contributed by atoms with Crippen LogP contribution in [0.3, 0.4) is 0 Å². The second kappa shape index (κ2) is 9.50. The molecular formula is C14H20F3NO4.